The fourth-order valence-corrected chi connectivity index (χ4v) is 8.17. The summed E-state index contributed by atoms with van der Waals surface area (Å²) in [5, 5.41) is 0. The highest BCUT2D eigenvalue weighted by atomic mass is 16.6. The van der Waals surface area contributed by atoms with E-state index in [1.165, 1.54) is 186 Å². The monoisotopic (exact) mass is 849 g/mol. The minimum Gasteiger partial charge on any atom is -0.462 e. The summed E-state index contributed by atoms with van der Waals surface area (Å²) in [5.74, 6) is 0.832. The van der Waals surface area contributed by atoms with Crippen LogP contribution in [0.1, 0.15) is 298 Å². The number of rotatable bonds is 48. The van der Waals surface area contributed by atoms with Gasteiger partial charge in [-0.3, -0.25) is 14.4 Å². The summed E-state index contributed by atoms with van der Waals surface area (Å²) in [6, 6.07) is 0. The van der Waals surface area contributed by atoms with Gasteiger partial charge in [0.05, 0.1) is 0 Å². The zero-order valence-corrected chi connectivity index (χ0v) is 41.1. The molecule has 0 aromatic rings. The number of hydrogen-bond donors (Lipinski definition) is 0. The normalized spacial score (nSPS) is 12.1. The molecule has 0 aliphatic rings. The van der Waals surface area contributed by atoms with Crippen molar-refractivity contribution in [2.24, 2.45) is 11.8 Å². The highest BCUT2D eigenvalue weighted by Gasteiger charge is 2.19. The van der Waals surface area contributed by atoms with E-state index in [9.17, 15) is 14.4 Å². The van der Waals surface area contributed by atoms with Crippen LogP contribution in [0.3, 0.4) is 0 Å². The van der Waals surface area contributed by atoms with Crippen LogP contribution in [0.5, 0.6) is 0 Å². The third-order valence-electron chi connectivity index (χ3n) is 12.2. The van der Waals surface area contributed by atoms with Crippen LogP contribution in [0.2, 0.25) is 0 Å². The van der Waals surface area contributed by atoms with Gasteiger partial charge >= 0.3 is 17.9 Å². The molecule has 0 rings (SSSR count). The summed E-state index contributed by atoms with van der Waals surface area (Å²) >= 11 is 0. The summed E-state index contributed by atoms with van der Waals surface area (Å²) in [7, 11) is 0. The van der Waals surface area contributed by atoms with Crippen LogP contribution < -0.4 is 0 Å². The van der Waals surface area contributed by atoms with Crippen LogP contribution in [0, 0.1) is 11.8 Å². The Bertz CT molecular complexity index is 916. The van der Waals surface area contributed by atoms with Crippen LogP contribution in [0.4, 0.5) is 0 Å². The molecule has 0 aliphatic carbocycles. The molecule has 60 heavy (non-hydrogen) atoms. The molecule has 0 spiro atoms. The van der Waals surface area contributed by atoms with Gasteiger partial charge in [-0.2, -0.15) is 0 Å². The van der Waals surface area contributed by atoms with Crippen molar-refractivity contribution in [3.05, 3.63) is 0 Å². The van der Waals surface area contributed by atoms with Gasteiger partial charge in [-0.1, -0.05) is 259 Å². The molecule has 0 heterocycles. The van der Waals surface area contributed by atoms with E-state index < -0.39 is 6.10 Å². The van der Waals surface area contributed by atoms with Crippen molar-refractivity contribution in [3.63, 3.8) is 0 Å². The van der Waals surface area contributed by atoms with Crippen molar-refractivity contribution < 1.29 is 28.6 Å². The number of hydrogen-bond acceptors (Lipinski definition) is 6. The molecule has 356 valence electrons. The van der Waals surface area contributed by atoms with Gasteiger partial charge in [0, 0.05) is 19.3 Å². The maximum Gasteiger partial charge on any atom is 0.306 e. The predicted molar refractivity (Wildman–Crippen MR) is 256 cm³/mol. The molecule has 0 aliphatic heterocycles. The van der Waals surface area contributed by atoms with Crippen molar-refractivity contribution in [1.82, 2.24) is 0 Å². The largest absolute Gasteiger partial charge is 0.462 e. The average molecular weight is 849 g/mol. The number of ether oxygens (including phenoxy) is 3. The van der Waals surface area contributed by atoms with Gasteiger partial charge in [0.15, 0.2) is 6.10 Å². The van der Waals surface area contributed by atoms with Crippen LogP contribution in [-0.4, -0.2) is 37.2 Å². The lowest BCUT2D eigenvalue weighted by Gasteiger charge is -2.18. The van der Waals surface area contributed by atoms with E-state index in [0.29, 0.717) is 19.3 Å². The Morgan fingerprint density at radius 1 is 0.317 bits per heavy atom. The first kappa shape index (κ1) is 58.4. The minimum absolute atomic E-state index is 0.0640. The van der Waals surface area contributed by atoms with Gasteiger partial charge in [0.25, 0.3) is 0 Å². The van der Waals surface area contributed by atoms with Gasteiger partial charge in [0.1, 0.15) is 13.2 Å². The van der Waals surface area contributed by atoms with Crippen molar-refractivity contribution >= 4 is 17.9 Å². The molecule has 0 unspecified atom stereocenters. The van der Waals surface area contributed by atoms with Gasteiger partial charge in [-0.05, 0) is 31.1 Å². The lowest BCUT2D eigenvalue weighted by molar-refractivity contribution is -0.167. The summed E-state index contributed by atoms with van der Waals surface area (Å²) in [5.41, 5.74) is 0. The van der Waals surface area contributed by atoms with Gasteiger partial charge in [0.2, 0.25) is 0 Å². The van der Waals surface area contributed by atoms with Crippen molar-refractivity contribution in [3.8, 4) is 0 Å². The predicted octanol–water partition coefficient (Wildman–Crippen LogP) is 17.3. The summed E-state index contributed by atoms with van der Waals surface area (Å²) < 4.78 is 16.8. The first-order chi connectivity index (χ1) is 29.2. The summed E-state index contributed by atoms with van der Waals surface area (Å²) in [6.07, 6.45) is 48.2. The smallest absolute Gasteiger partial charge is 0.306 e. The lowest BCUT2D eigenvalue weighted by Crippen LogP contribution is -2.30. The topological polar surface area (TPSA) is 78.9 Å². The van der Waals surface area contributed by atoms with E-state index in [2.05, 4.69) is 34.6 Å². The highest BCUT2D eigenvalue weighted by Crippen LogP contribution is 2.18. The van der Waals surface area contributed by atoms with E-state index in [4.69, 9.17) is 14.2 Å². The second-order valence-corrected chi connectivity index (χ2v) is 19.5. The van der Waals surface area contributed by atoms with Crippen molar-refractivity contribution in [2.75, 3.05) is 13.2 Å². The number of carbonyl (C=O) groups is 3. The number of unbranched alkanes of at least 4 members (excludes halogenated alkanes) is 33. The van der Waals surface area contributed by atoms with E-state index in [0.717, 1.165) is 69.6 Å². The molecule has 6 nitrogen and oxygen atoms in total. The van der Waals surface area contributed by atoms with E-state index in [-0.39, 0.29) is 31.1 Å². The summed E-state index contributed by atoms with van der Waals surface area (Å²) in [6.45, 7) is 11.4. The molecule has 0 fully saturated rings. The molecule has 0 aromatic carbocycles. The molecule has 0 amide bonds. The zero-order chi connectivity index (χ0) is 44.0. The third-order valence-corrected chi connectivity index (χ3v) is 12.2. The maximum atomic E-state index is 12.8. The van der Waals surface area contributed by atoms with E-state index >= 15 is 0 Å². The lowest BCUT2D eigenvalue weighted by atomic mass is 10.0. The molecular weight excluding hydrogens is 745 g/mol. The highest BCUT2D eigenvalue weighted by molar-refractivity contribution is 5.71. The maximum absolute atomic E-state index is 12.8. The SMILES string of the molecule is CCCCCCCCCC(=O)OC[C@H](COC(=O)CCCCCCCCCCCCCC(C)C)OC(=O)CCCCCCCCCCCCCCCCCCCCC(C)C. The van der Waals surface area contributed by atoms with Gasteiger partial charge in [-0.15, -0.1) is 0 Å². The zero-order valence-electron chi connectivity index (χ0n) is 41.1. The number of carbonyl (C=O) groups excluding carboxylic acids is 3. The second-order valence-electron chi connectivity index (χ2n) is 19.5. The fraction of sp³-hybridized carbons (Fsp3) is 0.944. The molecule has 0 N–H and O–H groups in total. The Morgan fingerprint density at radius 2 is 0.550 bits per heavy atom. The third kappa shape index (κ3) is 47.5. The first-order valence-electron chi connectivity index (χ1n) is 26.7. The molecule has 6 heteroatoms. The first-order valence-corrected chi connectivity index (χ1v) is 26.7. The van der Waals surface area contributed by atoms with Crippen LogP contribution in [0.25, 0.3) is 0 Å². The van der Waals surface area contributed by atoms with Gasteiger partial charge in [-0.25, -0.2) is 0 Å². The van der Waals surface area contributed by atoms with Gasteiger partial charge < -0.3 is 14.2 Å². The molecule has 1 atom stereocenters. The second kappa shape index (κ2) is 46.9. The fourth-order valence-electron chi connectivity index (χ4n) is 8.17. The Balaban J connectivity index is 4.15. The van der Waals surface area contributed by atoms with Crippen LogP contribution in [-0.2, 0) is 28.6 Å². The Labute approximate surface area is 374 Å². The Kier molecular flexibility index (Phi) is 45.7. The molecule has 0 saturated heterocycles. The Hall–Kier alpha value is -1.59. The molecule has 0 bridgehead atoms. The molecular formula is C54H104O6. The standard InChI is InChI=1S/C54H104O6/c1-6-7-8-9-27-34-39-44-52(55)58-47-51(48-59-53(56)45-40-35-30-25-22-18-20-24-29-33-38-43-50(4)5)60-54(57)46-41-36-31-26-21-17-15-13-11-10-12-14-16-19-23-28-32-37-42-49(2)3/h49-51H,6-48H2,1-5H3/t51-/m1/s1. The quantitative estimate of drug-likeness (QED) is 0.0345. The van der Waals surface area contributed by atoms with Crippen LogP contribution in [0.15, 0.2) is 0 Å². The number of esters is 3. The van der Waals surface area contributed by atoms with Crippen molar-refractivity contribution in [2.45, 2.75) is 304 Å². The van der Waals surface area contributed by atoms with Crippen LogP contribution >= 0.6 is 0 Å². The van der Waals surface area contributed by atoms with E-state index in [1.807, 2.05) is 0 Å². The molecule has 0 radical (unpaired) electrons. The minimum atomic E-state index is -0.760. The van der Waals surface area contributed by atoms with Crippen molar-refractivity contribution in [1.29, 1.82) is 0 Å². The Morgan fingerprint density at radius 3 is 0.817 bits per heavy atom. The summed E-state index contributed by atoms with van der Waals surface area (Å²) in [4.78, 5) is 37.8. The molecule has 0 aromatic heterocycles. The molecule has 0 saturated carbocycles. The van der Waals surface area contributed by atoms with E-state index in [1.54, 1.807) is 0 Å². The average Bonchev–Trinajstić information content (AvgIpc) is 3.22.